The summed E-state index contributed by atoms with van der Waals surface area (Å²) in [6.45, 7) is 5.49. The molecule has 0 fully saturated rings. The van der Waals surface area contributed by atoms with Crippen LogP contribution in [-0.2, 0) is 9.53 Å². The molecular weight excluding hydrogens is 316 g/mol. The molecule has 0 aliphatic rings. The first-order valence-electron chi connectivity index (χ1n) is 8.00. The van der Waals surface area contributed by atoms with Gasteiger partial charge in [0.15, 0.2) is 6.61 Å². The summed E-state index contributed by atoms with van der Waals surface area (Å²) < 4.78 is 10.2. The summed E-state index contributed by atoms with van der Waals surface area (Å²) in [5, 5.41) is 0. The van der Waals surface area contributed by atoms with Gasteiger partial charge >= 0.3 is 5.97 Å². The van der Waals surface area contributed by atoms with Crippen molar-refractivity contribution in [1.82, 2.24) is 0 Å². The van der Waals surface area contributed by atoms with Crippen molar-refractivity contribution in [3.63, 3.8) is 0 Å². The number of hydrogen-bond acceptors (Lipinski definition) is 4. The molecule has 0 amide bonds. The molecule has 4 heteroatoms. The lowest BCUT2D eigenvalue weighted by Gasteiger charge is -2.10. The molecule has 0 N–H and O–H groups in total. The van der Waals surface area contributed by atoms with Crippen LogP contribution >= 0.6 is 0 Å². The minimum absolute atomic E-state index is 0.196. The van der Waals surface area contributed by atoms with Crippen LogP contribution in [0.5, 0.6) is 5.75 Å². The maximum absolute atomic E-state index is 12.3. The zero-order valence-corrected chi connectivity index (χ0v) is 15.0. The molecule has 0 aliphatic heterocycles. The van der Waals surface area contributed by atoms with Crippen LogP contribution in [0.2, 0.25) is 0 Å². The molecule has 0 aromatic heterocycles. The van der Waals surface area contributed by atoms with Crippen LogP contribution in [0.4, 0.5) is 0 Å². The van der Waals surface area contributed by atoms with Crippen molar-refractivity contribution in [2.24, 2.45) is 0 Å². The van der Waals surface area contributed by atoms with Gasteiger partial charge in [0.1, 0.15) is 5.75 Å². The summed E-state index contributed by atoms with van der Waals surface area (Å²) in [5.41, 5.74) is 4.32. The van der Waals surface area contributed by atoms with Gasteiger partial charge in [-0.05, 0) is 55.7 Å². The number of aryl methyl sites for hydroxylation is 3. The van der Waals surface area contributed by atoms with Gasteiger partial charge < -0.3 is 9.47 Å². The van der Waals surface area contributed by atoms with E-state index >= 15 is 0 Å². The van der Waals surface area contributed by atoms with E-state index in [0.717, 1.165) is 22.3 Å². The van der Waals surface area contributed by atoms with Crippen molar-refractivity contribution < 1.29 is 19.1 Å². The number of ether oxygens (including phenoxy) is 2. The highest BCUT2D eigenvalue weighted by molar-refractivity contribution is 6.01. The van der Waals surface area contributed by atoms with E-state index in [9.17, 15) is 9.59 Å². The van der Waals surface area contributed by atoms with Gasteiger partial charge in [0.2, 0.25) is 5.78 Å². The van der Waals surface area contributed by atoms with Gasteiger partial charge in [-0.15, -0.1) is 0 Å². The second-order valence-electron chi connectivity index (χ2n) is 5.91. The lowest BCUT2D eigenvalue weighted by atomic mass is 9.97. The number of benzene rings is 2. The average Bonchev–Trinajstić information content (AvgIpc) is 2.57. The van der Waals surface area contributed by atoms with E-state index < -0.39 is 5.97 Å². The number of esters is 1. The Morgan fingerprint density at radius 2 is 1.72 bits per heavy atom. The molecule has 0 aliphatic carbocycles. The van der Waals surface area contributed by atoms with Crippen molar-refractivity contribution in [2.45, 2.75) is 20.8 Å². The zero-order chi connectivity index (χ0) is 18.4. The molecule has 0 radical (unpaired) electrons. The highest BCUT2D eigenvalue weighted by atomic mass is 16.5. The predicted molar refractivity (Wildman–Crippen MR) is 98.0 cm³/mol. The first-order valence-corrected chi connectivity index (χ1v) is 8.00. The number of carbonyl (C=O) groups is 2. The molecule has 2 rings (SSSR count). The Balaban J connectivity index is 1.98. The van der Waals surface area contributed by atoms with Crippen LogP contribution in [0, 0.1) is 20.8 Å². The van der Waals surface area contributed by atoms with Crippen LogP contribution in [0.3, 0.4) is 0 Å². The fraction of sp³-hybridized carbons (Fsp3) is 0.238. The quantitative estimate of drug-likeness (QED) is 0.453. The van der Waals surface area contributed by atoms with E-state index in [2.05, 4.69) is 0 Å². The smallest absolute Gasteiger partial charge is 0.331 e. The molecule has 0 unspecified atom stereocenters. The van der Waals surface area contributed by atoms with Crippen LogP contribution in [0.15, 0.2) is 42.5 Å². The van der Waals surface area contributed by atoms with Crippen LogP contribution < -0.4 is 4.74 Å². The molecule has 0 saturated carbocycles. The number of carbonyl (C=O) groups excluding carboxylic acids is 2. The lowest BCUT2D eigenvalue weighted by Crippen LogP contribution is -2.15. The Morgan fingerprint density at radius 1 is 1.04 bits per heavy atom. The van der Waals surface area contributed by atoms with Crippen LogP contribution in [0.1, 0.15) is 32.6 Å². The number of rotatable bonds is 6. The van der Waals surface area contributed by atoms with Gasteiger partial charge in [0.25, 0.3) is 0 Å². The third kappa shape index (κ3) is 5.05. The summed E-state index contributed by atoms with van der Waals surface area (Å²) >= 11 is 0. The highest BCUT2D eigenvalue weighted by Crippen LogP contribution is 2.17. The molecule has 0 spiro atoms. The van der Waals surface area contributed by atoms with E-state index in [1.165, 1.54) is 6.08 Å². The summed E-state index contributed by atoms with van der Waals surface area (Å²) in [6.07, 6.45) is 2.93. The van der Waals surface area contributed by atoms with E-state index in [-0.39, 0.29) is 12.4 Å². The van der Waals surface area contributed by atoms with Crippen molar-refractivity contribution >= 4 is 17.8 Å². The first-order chi connectivity index (χ1) is 11.9. The molecule has 130 valence electrons. The number of ketones is 1. The second kappa shape index (κ2) is 8.29. The Labute approximate surface area is 148 Å². The fourth-order valence-corrected chi connectivity index (χ4v) is 2.79. The SMILES string of the molecule is COc1cccc(/C=C/C(=O)OCC(=O)c2c(C)cc(C)cc2C)c1. The van der Waals surface area contributed by atoms with Gasteiger partial charge in [-0.2, -0.15) is 0 Å². The topological polar surface area (TPSA) is 52.6 Å². The van der Waals surface area contributed by atoms with Gasteiger partial charge in [-0.25, -0.2) is 4.79 Å². The van der Waals surface area contributed by atoms with Crippen molar-refractivity contribution in [3.8, 4) is 5.75 Å². The first kappa shape index (κ1) is 18.5. The maximum atomic E-state index is 12.3. The van der Waals surface area contributed by atoms with Crippen molar-refractivity contribution in [1.29, 1.82) is 0 Å². The maximum Gasteiger partial charge on any atom is 0.331 e. The van der Waals surface area contributed by atoms with Crippen molar-refractivity contribution in [3.05, 3.63) is 70.3 Å². The Hall–Kier alpha value is -2.88. The Kier molecular flexibility index (Phi) is 6.12. The molecule has 0 saturated heterocycles. The molecule has 0 atom stereocenters. The van der Waals surface area contributed by atoms with Crippen LogP contribution in [-0.4, -0.2) is 25.5 Å². The number of Topliss-reactive ketones (excluding diaryl/α,β-unsaturated/α-hetero) is 1. The molecule has 2 aromatic rings. The molecule has 0 heterocycles. The minimum atomic E-state index is -0.557. The normalized spacial score (nSPS) is 10.7. The lowest BCUT2D eigenvalue weighted by molar-refractivity contribution is -0.136. The van der Waals surface area contributed by atoms with Gasteiger partial charge in [0.05, 0.1) is 7.11 Å². The average molecular weight is 338 g/mol. The minimum Gasteiger partial charge on any atom is -0.497 e. The van der Waals surface area contributed by atoms with E-state index in [0.29, 0.717) is 11.3 Å². The third-order valence-electron chi connectivity index (χ3n) is 3.81. The monoisotopic (exact) mass is 338 g/mol. The third-order valence-corrected chi connectivity index (χ3v) is 3.81. The second-order valence-corrected chi connectivity index (χ2v) is 5.91. The summed E-state index contributed by atoms with van der Waals surface area (Å²) in [7, 11) is 1.58. The summed E-state index contributed by atoms with van der Waals surface area (Å²) in [6, 6.07) is 11.2. The van der Waals surface area contributed by atoms with Gasteiger partial charge in [-0.3, -0.25) is 4.79 Å². The highest BCUT2D eigenvalue weighted by Gasteiger charge is 2.14. The molecular formula is C21H22O4. The summed E-state index contributed by atoms with van der Waals surface area (Å²) in [5.74, 6) is -0.0484. The molecule has 25 heavy (non-hydrogen) atoms. The molecule has 2 aromatic carbocycles. The van der Waals surface area contributed by atoms with Crippen LogP contribution in [0.25, 0.3) is 6.08 Å². The van der Waals surface area contributed by atoms with Gasteiger partial charge in [0, 0.05) is 11.6 Å². The fourth-order valence-electron chi connectivity index (χ4n) is 2.79. The Morgan fingerprint density at radius 3 is 2.36 bits per heavy atom. The standard InChI is InChI=1S/C21H22O4/c1-14-10-15(2)21(16(3)11-14)19(22)13-25-20(23)9-8-17-6-5-7-18(12-17)24-4/h5-12H,13H2,1-4H3/b9-8+. The predicted octanol–water partition coefficient (Wildman–Crippen LogP) is 4.06. The number of methoxy groups -OCH3 is 1. The zero-order valence-electron chi connectivity index (χ0n) is 15.0. The van der Waals surface area contributed by atoms with E-state index in [1.807, 2.05) is 51.1 Å². The van der Waals surface area contributed by atoms with E-state index in [1.54, 1.807) is 19.3 Å². The van der Waals surface area contributed by atoms with Gasteiger partial charge in [-0.1, -0.05) is 29.8 Å². The van der Waals surface area contributed by atoms with Crippen molar-refractivity contribution in [2.75, 3.05) is 13.7 Å². The number of hydrogen-bond donors (Lipinski definition) is 0. The van der Waals surface area contributed by atoms with E-state index in [4.69, 9.17) is 9.47 Å². The Bertz CT molecular complexity index is 795. The molecule has 4 nitrogen and oxygen atoms in total. The molecule has 0 bridgehead atoms. The summed E-state index contributed by atoms with van der Waals surface area (Å²) in [4.78, 5) is 24.2. The largest absolute Gasteiger partial charge is 0.497 e.